The van der Waals surface area contributed by atoms with Crippen LogP contribution in [0.2, 0.25) is 0 Å². The first-order valence-corrected chi connectivity index (χ1v) is 28.1. The molecule has 398 valence electrons. The Morgan fingerprint density at radius 1 is 0.865 bits per heavy atom. The van der Waals surface area contributed by atoms with Gasteiger partial charge in [-0.25, -0.2) is 4.79 Å². The van der Waals surface area contributed by atoms with Crippen LogP contribution in [0.1, 0.15) is 121 Å². The van der Waals surface area contributed by atoms with Gasteiger partial charge >= 0.3 is 5.97 Å². The molecule has 1 saturated heterocycles. The largest absolute Gasteiger partial charge is 0.691 e. The summed E-state index contributed by atoms with van der Waals surface area (Å²) in [7, 11) is -7.39. The van der Waals surface area contributed by atoms with Gasteiger partial charge < -0.3 is 24.5 Å². The number of hydrogen-bond acceptors (Lipinski definition) is 15. The molecule has 3 aromatic rings. The van der Waals surface area contributed by atoms with Crippen LogP contribution in [0.3, 0.4) is 0 Å². The molecule has 3 aliphatic heterocycles. The Morgan fingerprint density at radius 3 is 2.22 bits per heavy atom. The summed E-state index contributed by atoms with van der Waals surface area (Å²) in [6, 6.07) is 12.4. The Hall–Kier alpha value is -5.49. The number of methoxy groups -OCH3 is 1. The summed E-state index contributed by atoms with van der Waals surface area (Å²) in [5.74, 6) is -0.915. The van der Waals surface area contributed by atoms with Crippen molar-refractivity contribution in [1.82, 2.24) is 5.06 Å². The Labute approximate surface area is 436 Å². The molecule has 1 unspecified atom stereocenters. The minimum Gasteiger partial charge on any atom is -0.691 e. The molecule has 3 heterocycles. The third kappa shape index (κ3) is 12.1. The van der Waals surface area contributed by atoms with Crippen LogP contribution in [-0.2, 0) is 64.4 Å². The number of unbranched alkanes of at least 4 members (excludes halogenated alkanes) is 2. The number of allylic oxidation sites excluding steroid dienone is 7. The maximum Gasteiger partial charge on any atom is 0.333 e. The van der Waals surface area contributed by atoms with Crippen LogP contribution in [0.5, 0.6) is 5.75 Å². The van der Waals surface area contributed by atoms with Crippen LogP contribution in [0.25, 0.3) is 0 Å². The fourth-order valence-corrected chi connectivity index (χ4v) is 11.9. The molecule has 4 aliphatic rings. The zero-order valence-electron chi connectivity index (χ0n) is 42.6. The molecular formula is C53H63N3O15S3. The van der Waals surface area contributed by atoms with Gasteiger partial charge in [0.1, 0.15) is 18.1 Å². The lowest BCUT2D eigenvalue weighted by molar-refractivity contribution is -0.777. The molecule has 2 amide bonds. The predicted octanol–water partition coefficient (Wildman–Crippen LogP) is 8.68. The number of rotatable bonds is 22. The third-order valence-corrected chi connectivity index (χ3v) is 16.3. The van der Waals surface area contributed by atoms with Gasteiger partial charge in [0.2, 0.25) is 5.69 Å². The van der Waals surface area contributed by atoms with Crippen molar-refractivity contribution in [2.24, 2.45) is 0 Å². The molecule has 0 aromatic heterocycles. The fraction of sp³-hybridized carbons (Fsp3) is 0.434. The second-order valence-corrected chi connectivity index (χ2v) is 23.2. The number of hydrogen-bond donors (Lipinski definition) is 2. The molecule has 0 saturated carbocycles. The monoisotopic (exact) mass is 1080 g/mol. The SMILES string of the molecule is CCCN1/C(=C/C=C2\CCCC(/C=C/C3=[N+](CCCCCC(=O)ON4C(=O)CCC4=O)c4c(C)cc(S(=O)(=O)O)cc4C3(C)C)=C2Oc2ccc(S(=O)(=O)O)cc2)C(C)(CCOC)c2cc(SOO[O-])cc(C)c21. The van der Waals surface area contributed by atoms with Gasteiger partial charge in [-0.15, -0.1) is 5.06 Å². The molecule has 21 heteroatoms. The van der Waals surface area contributed by atoms with Gasteiger partial charge in [0.15, 0.2) is 5.71 Å². The predicted molar refractivity (Wildman–Crippen MR) is 273 cm³/mol. The van der Waals surface area contributed by atoms with Gasteiger partial charge in [-0.1, -0.05) is 13.0 Å². The fourth-order valence-electron chi connectivity index (χ4n) is 10.4. The summed E-state index contributed by atoms with van der Waals surface area (Å²) in [5.41, 5.74) is 7.35. The summed E-state index contributed by atoms with van der Waals surface area (Å²) in [6.07, 6.45) is 13.1. The van der Waals surface area contributed by atoms with Crippen molar-refractivity contribution in [2.75, 3.05) is 31.7 Å². The van der Waals surface area contributed by atoms with Gasteiger partial charge in [0, 0.05) is 84.8 Å². The quantitative estimate of drug-likeness (QED) is 0.0182. The molecule has 0 spiro atoms. The van der Waals surface area contributed by atoms with Gasteiger partial charge in [-0.3, -0.25) is 23.7 Å². The highest BCUT2D eigenvalue weighted by atomic mass is 32.2. The number of amides is 2. The lowest BCUT2D eigenvalue weighted by Gasteiger charge is -2.30. The number of benzene rings is 3. The van der Waals surface area contributed by atoms with E-state index >= 15 is 0 Å². The van der Waals surface area contributed by atoms with Crippen LogP contribution >= 0.6 is 12.0 Å². The van der Waals surface area contributed by atoms with Crippen LogP contribution in [0.15, 0.2) is 110 Å². The standard InChI is InChI=1S/C53H63N3O15S3/c1-8-27-54-45(53(6,26-29-67-7)43-32-39(72-71-70-60)30-34(2)50(43)54)23-17-37-14-12-13-36(51(37)68-38-18-20-40(21-19-38)73(61,62)63)16-22-44-52(4,5)42-33-41(74(64,65)66)31-35(3)49(42)55(44)28-11-9-10-15-48(59)69-56-46(57)24-25-47(56)58/h16-23,30-33H,8-15,24-29H2,1-7H3,(H2-,60,61,62,63,64,65,66). The lowest BCUT2D eigenvalue weighted by atomic mass is 9.78. The van der Waals surface area contributed by atoms with E-state index < -0.39 is 48.8 Å². The van der Waals surface area contributed by atoms with E-state index in [1.165, 1.54) is 36.4 Å². The summed E-state index contributed by atoms with van der Waals surface area (Å²) in [6.45, 7) is 13.7. The average Bonchev–Trinajstić information content (AvgIpc) is 3.87. The topological polar surface area (TPSA) is 239 Å². The molecule has 7 rings (SSSR count). The highest BCUT2D eigenvalue weighted by molar-refractivity contribution is 7.94. The zero-order valence-corrected chi connectivity index (χ0v) is 45.0. The minimum absolute atomic E-state index is 0.00280. The number of aryl methyl sites for hydroxylation is 2. The van der Waals surface area contributed by atoms with Crippen LogP contribution < -0.4 is 14.9 Å². The molecule has 0 radical (unpaired) electrons. The first-order valence-electron chi connectivity index (χ1n) is 24.5. The summed E-state index contributed by atoms with van der Waals surface area (Å²) < 4.78 is 88.4. The second kappa shape index (κ2) is 23.2. The van der Waals surface area contributed by atoms with E-state index in [2.05, 4.69) is 40.5 Å². The summed E-state index contributed by atoms with van der Waals surface area (Å²) >= 11 is 0.839. The van der Waals surface area contributed by atoms with Crippen LogP contribution in [0, 0.1) is 13.8 Å². The van der Waals surface area contributed by atoms with Gasteiger partial charge in [-0.2, -0.15) is 25.7 Å². The maximum atomic E-state index is 12.6. The first kappa shape index (κ1) is 56.2. The molecule has 74 heavy (non-hydrogen) atoms. The van der Waals surface area contributed by atoms with Crippen molar-refractivity contribution in [3.05, 3.63) is 118 Å². The van der Waals surface area contributed by atoms with E-state index in [1.807, 2.05) is 45.1 Å². The summed E-state index contributed by atoms with van der Waals surface area (Å²) in [5, 5.41) is 15.0. The minimum atomic E-state index is -4.57. The van der Waals surface area contributed by atoms with E-state index in [9.17, 15) is 45.6 Å². The van der Waals surface area contributed by atoms with E-state index in [-0.39, 0.29) is 29.1 Å². The van der Waals surface area contributed by atoms with Gasteiger partial charge in [0.05, 0.1) is 27.2 Å². The van der Waals surface area contributed by atoms with Gasteiger partial charge in [-0.05, 0) is 163 Å². The van der Waals surface area contributed by atoms with E-state index in [0.717, 1.165) is 69.9 Å². The molecule has 3 aromatic carbocycles. The Bertz CT molecular complexity index is 3070. The second-order valence-electron chi connectivity index (χ2n) is 19.5. The molecule has 2 N–H and O–H groups in total. The van der Waals surface area contributed by atoms with Crippen LogP contribution in [0.4, 0.5) is 11.4 Å². The normalized spacial score (nSPS) is 20.0. The lowest BCUT2D eigenvalue weighted by Crippen LogP contribution is -2.31. The summed E-state index contributed by atoms with van der Waals surface area (Å²) in [4.78, 5) is 44.1. The molecule has 1 aliphatic carbocycles. The van der Waals surface area contributed by atoms with E-state index in [4.69, 9.17) is 18.6 Å². The van der Waals surface area contributed by atoms with Crippen molar-refractivity contribution < 1.29 is 73.8 Å². The number of imide groups is 1. The molecule has 1 fully saturated rings. The number of anilines is 1. The van der Waals surface area contributed by atoms with Crippen molar-refractivity contribution in [3.8, 4) is 5.75 Å². The molecular weight excluding hydrogens is 1010 g/mol. The number of carbonyl (C=O) groups is 3. The number of hydroxylamine groups is 2. The van der Waals surface area contributed by atoms with Crippen molar-refractivity contribution in [2.45, 2.75) is 138 Å². The number of fused-ring (bicyclic) bond motifs is 2. The highest BCUT2D eigenvalue weighted by Crippen LogP contribution is 2.53. The van der Waals surface area contributed by atoms with E-state index in [0.29, 0.717) is 90.8 Å². The number of carbonyl (C=O) groups excluding carboxylic acids is 3. The van der Waals surface area contributed by atoms with Gasteiger partial charge in [0.25, 0.3) is 32.1 Å². The average molecular weight is 1080 g/mol. The Kier molecular flexibility index (Phi) is 17.6. The number of nitrogens with zero attached hydrogens (tertiary/aromatic N) is 3. The Balaban J connectivity index is 1.31. The first-order chi connectivity index (χ1) is 35.0. The zero-order chi connectivity index (χ0) is 53.8. The molecule has 0 bridgehead atoms. The van der Waals surface area contributed by atoms with Crippen molar-refractivity contribution in [1.29, 1.82) is 0 Å². The maximum absolute atomic E-state index is 12.6. The van der Waals surface area contributed by atoms with Crippen molar-refractivity contribution >= 4 is 67.1 Å². The van der Waals surface area contributed by atoms with E-state index in [1.54, 1.807) is 14.0 Å². The third-order valence-electron chi connectivity index (χ3n) is 14.0. The smallest absolute Gasteiger partial charge is 0.333 e. The molecule has 1 atom stereocenters. The molecule has 18 nitrogen and oxygen atoms in total. The highest BCUT2D eigenvalue weighted by Gasteiger charge is 2.47. The Morgan fingerprint density at radius 2 is 1.57 bits per heavy atom. The number of ether oxygens (including phenoxy) is 2. The van der Waals surface area contributed by atoms with Crippen LogP contribution in [-0.4, -0.2) is 85.9 Å². The van der Waals surface area contributed by atoms with Crippen molar-refractivity contribution in [3.63, 3.8) is 0 Å².